The molecule has 20 heavy (non-hydrogen) atoms. The molecule has 0 fully saturated rings. The monoisotopic (exact) mass is 309 g/mol. The molecule has 1 aromatic heterocycles. The normalized spacial score (nSPS) is 16.4. The summed E-state index contributed by atoms with van der Waals surface area (Å²) in [4.78, 5) is 4.06. The Bertz CT molecular complexity index is 550. The predicted octanol–water partition coefficient (Wildman–Crippen LogP) is 4.27. The average Bonchev–Trinajstić information content (AvgIpc) is 2.39. The van der Waals surface area contributed by atoms with Crippen molar-refractivity contribution in [1.82, 2.24) is 4.98 Å². The van der Waals surface area contributed by atoms with Gasteiger partial charge in [0.2, 0.25) is 0 Å². The first-order valence-corrected chi connectivity index (χ1v) is 7.14. The fraction of sp³-hybridized carbons (Fsp3) is 0.312. The number of pyridine rings is 1. The summed E-state index contributed by atoms with van der Waals surface area (Å²) in [5.74, 6) is -0.483. The maximum absolute atomic E-state index is 11.0. The average molecular weight is 310 g/mol. The van der Waals surface area contributed by atoms with Crippen LogP contribution in [0.15, 0.2) is 54.9 Å². The SMILES string of the molecule is CC(Cl)(Cl)C(c1ccccc1)C(C)(O)c1cccnc1. The summed E-state index contributed by atoms with van der Waals surface area (Å²) in [6.45, 7) is 3.41. The van der Waals surface area contributed by atoms with Crippen LogP contribution in [0, 0.1) is 0 Å². The van der Waals surface area contributed by atoms with E-state index in [1.54, 1.807) is 32.3 Å². The minimum atomic E-state index is -1.23. The highest BCUT2D eigenvalue weighted by atomic mass is 35.5. The molecule has 1 aromatic carbocycles. The molecule has 2 rings (SSSR count). The molecule has 0 aliphatic carbocycles. The molecular formula is C16H17Cl2NO. The van der Waals surface area contributed by atoms with Gasteiger partial charge in [0.15, 0.2) is 0 Å². The van der Waals surface area contributed by atoms with Gasteiger partial charge in [0.05, 0.1) is 5.60 Å². The number of aliphatic hydroxyl groups is 1. The minimum absolute atomic E-state index is 0.483. The number of aromatic nitrogens is 1. The van der Waals surface area contributed by atoms with Crippen LogP contribution < -0.4 is 0 Å². The topological polar surface area (TPSA) is 33.1 Å². The second-order valence-electron chi connectivity index (χ2n) is 5.19. The van der Waals surface area contributed by atoms with Gasteiger partial charge in [0, 0.05) is 23.9 Å². The van der Waals surface area contributed by atoms with Gasteiger partial charge in [-0.2, -0.15) is 0 Å². The molecule has 0 radical (unpaired) electrons. The molecule has 0 saturated carbocycles. The Hall–Kier alpha value is -1.09. The zero-order valence-electron chi connectivity index (χ0n) is 11.4. The first-order chi connectivity index (χ1) is 9.33. The highest BCUT2D eigenvalue weighted by molar-refractivity contribution is 6.48. The summed E-state index contributed by atoms with van der Waals surface area (Å²) in [7, 11) is 0. The summed E-state index contributed by atoms with van der Waals surface area (Å²) in [5.41, 5.74) is 0.337. The fourth-order valence-electron chi connectivity index (χ4n) is 2.59. The lowest BCUT2D eigenvalue weighted by Gasteiger charge is -2.39. The third-order valence-corrected chi connectivity index (χ3v) is 3.88. The van der Waals surface area contributed by atoms with Crippen LogP contribution in [-0.2, 0) is 5.60 Å². The van der Waals surface area contributed by atoms with Crippen molar-refractivity contribution in [1.29, 1.82) is 0 Å². The van der Waals surface area contributed by atoms with Crippen LogP contribution in [0.25, 0.3) is 0 Å². The molecule has 0 aliphatic rings. The Balaban J connectivity index is 2.53. The Morgan fingerprint density at radius 3 is 2.20 bits per heavy atom. The van der Waals surface area contributed by atoms with Crippen molar-refractivity contribution in [3.8, 4) is 0 Å². The molecule has 1 heterocycles. The molecule has 4 heteroatoms. The third kappa shape index (κ3) is 3.14. The molecule has 0 aliphatic heterocycles. The highest BCUT2D eigenvalue weighted by Crippen LogP contribution is 2.48. The maximum Gasteiger partial charge on any atom is 0.125 e. The van der Waals surface area contributed by atoms with E-state index in [4.69, 9.17) is 23.2 Å². The standard InChI is InChI=1S/C16H17Cl2NO/c1-15(20,13-9-6-10-19-11-13)14(16(2,17)18)12-7-4-3-5-8-12/h3-11,14,20H,1-2H3. The smallest absolute Gasteiger partial charge is 0.125 e. The van der Waals surface area contributed by atoms with Crippen LogP contribution >= 0.6 is 23.2 Å². The predicted molar refractivity (Wildman–Crippen MR) is 83.1 cm³/mol. The zero-order chi connectivity index (χ0) is 14.8. The van der Waals surface area contributed by atoms with E-state index in [1.165, 1.54) is 0 Å². The Labute approximate surface area is 129 Å². The summed E-state index contributed by atoms with van der Waals surface area (Å²) in [5, 5.41) is 11.0. The van der Waals surface area contributed by atoms with Crippen LogP contribution in [0.1, 0.15) is 30.9 Å². The van der Waals surface area contributed by atoms with E-state index in [1.807, 2.05) is 36.4 Å². The van der Waals surface area contributed by atoms with E-state index < -0.39 is 15.9 Å². The van der Waals surface area contributed by atoms with E-state index in [0.29, 0.717) is 5.56 Å². The Kier molecular flexibility index (Phi) is 4.38. The van der Waals surface area contributed by atoms with Gasteiger partial charge < -0.3 is 5.11 Å². The second kappa shape index (κ2) is 5.72. The molecule has 0 saturated heterocycles. The van der Waals surface area contributed by atoms with Crippen LogP contribution in [0.5, 0.6) is 0 Å². The molecule has 2 unspecified atom stereocenters. The van der Waals surface area contributed by atoms with E-state index in [2.05, 4.69) is 4.98 Å². The van der Waals surface area contributed by atoms with Crippen LogP contribution in [0.3, 0.4) is 0 Å². The van der Waals surface area contributed by atoms with Crippen molar-refractivity contribution in [2.24, 2.45) is 0 Å². The number of rotatable bonds is 4. The molecule has 1 N–H and O–H groups in total. The van der Waals surface area contributed by atoms with Crippen molar-refractivity contribution in [3.63, 3.8) is 0 Å². The molecule has 2 aromatic rings. The summed E-state index contributed by atoms with van der Waals surface area (Å²) in [6, 6.07) is 13.2. The summed E-state index contributed by atoms with van der Waals surface area (Å²) < 4.78 is -1.12. The Morgan fingerprint density at radius 2 is 1.70 bits per heavy atom. The minimum Gasteiger partial charge on any atom is -0.385 e. The van der Waals surface area contributed by atoms with Crippen molar-refractivity contribution >= 4 is 23.2 Å². The van der Waals surface area contributed by atoms with Gasteiger partial charge in [-0.25, -0.2) is 0 Å². The van der Waals surface area contributed by atoms with Gasteiger partial charge in [0.25, 0.3) is 0 Å². The number of benzene rings is 1. The largest absolute Gasteiger partial charge is 0.385 e. The molecule has 2 nitrogen and oxygen atoms in total. The van der Waals surface area contributed by atoms with Crippen molar-refractivity contribution in [3.05, 3.63) is 66.0 Å². The van der Waals surface area contributed by atoms with E-state index in [9.17, 15) is 5.11 Å². The van der Waals surface area contributed by atoms with Gasteiger partial charge in [0.1, 0.15) is 4.33 Å². The number of halogens is 2. The lowest BCUT2D eigenvalue weighted by molar-refractivity contribution is 0.0218. The van der Waals surface area contributed by atoms with E-state index in [0.717, 1.165) is 5.56 Å². The molecule has 106 valence electrons. The van der Waals surface area contributed by atoms with Gasteiger partial charge in [-0.15, -0.1) is 23.2 Å². The quantitative estimate of drug-likeness (QED) is 0.856. The maximum atomic E-state index is 11.0. The molecule has 0 spiro atoms. The molecular weight excluding hydrogens is 293 g/mol. The molecule has 0 bridgehead atoms. The number of alkyl halides is 2. The first kappa shape index (κ1) is 15.3. The fourth-order valence-corrected chi connectivity index (χ4v) is 3.26. The first-order valence-electron chi connectivity index (χ1n) is 6.39. The molecule has 0 amide bonds. The lowest BCUT2D eigenvalue weighted by atomic mass is 9.77. The van der Waals surface area contributed by atoms with Crippen molar-refractivity contribution < 1.29 is 5.11 Å². The summed E-state index contributed by atoms with van der Waals surface area (Å²) >= 11 is 12.7. The van der Waals surface area contributed by atoms with Crippen molar-refractivity contribution in [2.75, 3.05) is 0 Å². The second-order valence-corrected chi connectivity index (χ2v) is 6.95. The highest BCUT2D eigenvalue weighted by Gasteiger charge is 2.45. The zero-order valence-corrected chi connectivity index (χ0v) is 12.9. The van der Waals surface area contributed by atoms with Crippen LogP contribution in [0.2, 0.25) is 0 Å². The van der Waals surface area contributed by atoms with Crippen LogP contribution in [0.4, 0.5) is 0 Å². The number of hydrogen-bond acceptors (Lipinski definition) is 2. The Morgan fingerprint density at radius 1 is 1.05 bits per heavy atom. The summed E-state index contributed by atoms with van der Waals surface area (Å²) in [6.07, 6.45) is 3.30. The van der Waals surface area contributed by atoms with Crippen molar-refractivity contribution in [2.45, 2.75) is 29.7 Å². The lowest BCUT2D eigenvalue weighted by Crippen LogP contribution is -2.39. The van der Waals surface area contributed by atoms with E-state index in [-0.39, 0.29) is 0 Å². The van der Waals surface area contributed by atoms with Crippen LogP contribution in [-0.4, -0.2) is 14.4 Å². The van der Waals surface area contributed by atoms with Gasteiger partial charge >= 0.3 is 0 Å². The van der Waals surface area contributed by atoms with Gasteiger partial charge in [-0.3, -0.25) is 4.98 Å². The van der Waals surface area contributed by atoms with Gasteiger partial charge in [-0.1, -0.05) is 36.4 Å². The third-order valence-electron chi connectivity index (χ3n) is 3.45. The van der Waals surface area contributed by atoms with E-state index >= 15 is 0 Å². The molecule has 2 atom stereocenters. The van der Waals surface area contributed by atoms with Gasteiger partial charge in [-0.05, 0) is 25.5 Å². The number of hydrogen-bond donors (Lipinski definition) is 1. The number of nitrogens with zero attached hydrogens (tertiary/aromatic N) is 1.